The average molecular weight is 401 g/mol. The van der Waals surface area contributed by atoms with Crippen LogP contribution in [0.5, 0.6) is 0 Å². The highest BCUT2D eigenvalue weighted by Gasteiger charge is 2.18. The van der Waals surface area contributed by atoms with Crippen LogP contribution in [-0.2, 0) is 4.79 Å². The van der Waals surface area contributed by atoms with E-state index >= 15 is 0 Å². The normalized spacial score (nSPS) is 11.9. The molecule has 0 aliphatic heterocycles. The number of hydrogen-bond donors (Lipinski definition) is 2. The van der Waals surface area contributed by atoms with Crippen molar-refractivity contribution in [3.63, 3.8) is 0 Å². The van der Waals surface area contributed by atoms with Gasteiger partial charge in [-0.25, -0.2) is 4.39 Å². The highest BCUT2D eigenvalue weighted by molar-refractivity contribution is 6.35. The lowest BCUT2D eigenvalue weighted by atomic mass is 10.1. The number of benzene rings is 2. The number of nitrogens with zero attached hydrogens (tertiary/aromatic N) is 1. The van der Waals surface area contributed by atoms with Gasteiger partial charge in [-0.1, -0.05) is 23.2 Å². The molecule has 0 aromatic heterocycles. The highest BCUT2D eigenvalue weighted by atomic mass is 35.5. The second kappa shape index (κ2) is 8.44. The van der Waals surface area contributed by atoms with Crippen molar-refractivity contribution < 1.29 is 19.4 Å². The number of carbonyl (C=O) groups is 1. The molecule has 2 rings (SSSR count). The lowest BCUT2D eigenvalue weighted by molar-refractivity contribution is -0.682. The fraction of sp³-hybridized carbons (Fsp3) is 0.235. The van der Waals surface area contributed by atoms with E-state index in [1.54, 1.807) is 19.2 Å². The van der Waals surface area contributed by atoms with E-state index in [9.17, 15) is 19.3 Å². The Hall–Kier alpha value is -2.22. The second-order valence-electron chi connectivity index (χ2n) is 5.82. The van der Waals surface area contributed by atoms with Crippen LogP contribution in [0.3, 0.4) is 0 Å². The molecule has 0 heterocycles. The maximum absolute atomic E-state index is 13.6. The quantitative estimate of drug-likeness (QED) is 0.440. The summed E-state index contributed by atoms with van der Waals surface area (Å²) in [5, 5.41) is 15.4. The van der Waals surface area contributed by atoms with Gasteiger partial charge < -0.3 is 10.6 Å². The van der Waals surface area contributed by atoms with Crippen LogP contribution >= 0.6 is 23.2 Å². The summed E-state index contributed by atoms with van der Waals surface area (Å²) in [5.41, 5.74) is 1.58. The summed E-state index contributed by atoms with van der Waals surface area (Å²) >= 11 is 11.8. The van der Waals surface area contributed by atoms with Gasteiger partial charge in [-0.2, -0.15) is 0 Å². The van der Waals surface area contributed by atoms with Crippen LogP contribution < -0.4 is 10.6 Å². The Morgan fingerprint density at radius 2 is 2.00 bits per heavy atom. The van der Waals surface area contributed by atoms with Gasteiger partial charge >= 0.3 is 0 Å². The fourth-order valence-electron chi connectivity index (χ4n) is 2.40. The monoisotopic (exact) mass is 400 g/mol. The molecule has 3 N–H and O–H groups in total. The van der Waals surface area contributed by atoms with Gasteiger partial charge in [0.1, 0.15) is 11.9 Å². The molecule has 0 unspecified atom stereocenters. The van der Waals surface area contributed by atoms with Crippen molar-refractivity contribution in [1.82, 2.24) is 0 Å². The van der Waals surface area contributed by atoms with E-state index in [1.165, 1.54) is 30.3 Å². The molecule has 9 heteroatoms. The number of rotatable bonds is 6. The Kier molecular flexibility index (Phi) is 6.52. The number of halogens is 3. The van der Waals surface area contributed by atoms with Gasteiger partial charge in [-0.05, 0) is 37.6 Å². The molecular formula is C17H17Cl2FN3O3+. The van der Waals surface area contributed by atoms with E-state index in [0.717, 1.165) is 0 Å². The van der Waals surface area contributed by atoms with Crippen molar-refractivity contribution in [2.75, 3.05) is 11.9 Å². The third-order valence-electron chi connectivity index (χ3n) is 3.88. The Labute approximate surface area is 159 Å². The van der Waals surface area contributed by atoms with Gasteiger partial charge in [0.2, 0.25) is 0 Å². The summed E-state index contributed by atoms with van der Waals surface area (Å²) < 4.78 is 13.6. The molecule has 0 saturated carbocycles. The number of nitrogens with two attached hydrogens (primary N) is 1. The van der Waals surface area contributed by atoms with Crippen LogP contribution in [0.15, 0.2) is 30.3 Å². The Morgan fingerprint density at radius 1 is 1.31 bits per heavy atom. The predicted molar refractivity (Wildman–Crippen MR) is 98.1 cm³/mol. The van der Waals surface area contributed by atoms with E-state index in [-0.39, 0.29) is 29.2 Å². The third kappa shape index (κ3) is 4.91. The average Bonchev–Trinajstić information content (AvgIpc) is 2.57. The minimum absolute atomic E-state index is 0.0416. The standard InChI is InChI=1S/C17H16Cl2FN3O3/c1-9-5-11(23(25)26)3-4-16(9)22-17(24)8-21-10(2)12-6-15(20)14(19)7-13(12)18/h3-7,10,21H,8H2,1-2H3,(H,22,24)/p+1/t10-/m1/s1. The number of amides is 1. The zero-order valence-electron chi connectivity index (χ0n) is 14.1. The number of anilines is 1. The first kappa shape index (κ1) is 20.1. The minimum atomic E-state index is -0.572. The Bertz CT molecular complexity index is 861. The number of aryl methyl sites for hydroxylation is 1. The number of nitro benzene ring substituents is 1. The molecule has 0 saturated heterocycles. The van der Waals surface area contributed by atoms with Crippen molar-refractivity contribution in [2.24, 2.45) is 0 Å². The number of nitro groups is 1. The number of hydrogen-bond acceptors (Lipinski definition) is 3. The summed E-state index contributed by atoms with van der Waals surface area (Å²) in [4.78, 5) is 22.4. The van der Waals surface area contributed by atoms with E-state index in [2.05, 4.69) is 5.32 Å². The first-order valence-electron chi connectivity index (χ1n) is 7.71. The molecule has 0 aliphatic rings. The topological polar surface area (TPSA) is 88.9 Å². The predicted octanol–water partition coefficient (Wildman–Crippen LogP) is 3.61. The van der Waals surface area contributed by atoms with Crippen molar-refractivity contribution in [3.05, 3.63) is 67.4 Å². The van der Waals surface area contributed by atoms with E-state index in [4.69, 9.17) is 23.2 Å². The zero-order valence-corrected chi connectivity index (χ0v) is 15.6. The van der Waals surface area contributed by atoms with Gasteiger partial charge in [-0.15, -0.1) is 0 Å². The summed E-state index contributed by atoms with van der Waals surface area (Å²) in [5.74, 6) is -0.864. The molecule has 1 amide bonds. The molecule has 0 bridgehead atoms. The summed E-state index contributed by atoms with van der Waals surface area (Å²) in [6.45, 7) is 3.53. The van der Waals surface area contributed by atoms with Crippen LogP contribution in [0.1, 0.15) is 24.1 Å². The van der Waals surface area contributed by atoms with Crippen LogP contribution in [0.4, 0.5) is 15.8 Å². The molecule has 1 atom stereocenters. The van der Waals surface area contributed by atoms with Gasteiger partial charge in [0.25, 0.3) is 11.6 Å². The fourth-order valence-corrected chi connectivity index (χ4v) is 2.96. The minimum Gasteiger partial charge on any atom is -0.332 e. The summed E-state index contributed by atoms with van der Waals surface area (Å²) in [6.07, 6.45) is 0. The number of carbonyl (C=O) groups excluding carboxylic acids is 1. The Morgan fingerprint density at radius 3 is 2.62 bits per heavy atom. The van der Waals surface area contributed by atoms with E-state index in [0.29, 0.717) is 21.8 Å². The molecule has 6 nitrogen and oxygen atoms in total. The van der Waals surface area contributed by atoms with Crippen molar-refractivity contribution in [3.8, 4) is 0 Å². The third-order valence-corrected chi connectivity index (χ3v) is 4.50. The molecule has 2 aromatic carbocycles. The molecule has 26 heavy (non-hydrogen) atoms. The lowest BCUT2D eigenvalue weighted by Gasteiger charge is -2.14. The van der Waals surface area contributed by atoms with Crippen molar-refractivity contribution >= 4 is 40.5 Å². The first-order valence-corrected chi connectivity index (χ1v) is 8.47. The smallest absolute Gasteiger partial charge is 0.279 e. The molecule has 2 aromatic rings. The molecule has 138 valence electrons. The van der Waals surface area contributed by atoms with E-state index in [1.807, 2.05) is 0 Å². The summed E-state index contributed by atoms with van der Waals surface area (Å²) in [6, 6.07) is 6.52. The molecule has 0 radical (unpaired) electrons. The van der Waals surface area contributed by atoms with Gasteiger partial charge in [0, 0.05) is 23.4 Å². The molecular weight excluding hydrogens is 384 g/mol. The lowest BCUT2D eigenvalue weighted by Crippen LogP contribution is -2.86. The summed E-state index contributed by atoms with van der Waals surface area (Å²) in [7, 11) is 0. The van der Waals surface area contributed by atoms with Crippen LogP contribution in [0.2, 0.25) is 10.0 Å². The van der Waals surface area contributed by atoms with Crippen molar-refractivity contribution in [2.45, 2.75) is 19.9 Å². The number of quaternary nitrogens is 1. The van der Waals surface area contributed by atoms with Crippen LogP contribution in [0, 0.1) is 22.9 Å². The SMILES string of the molecule is Cc1cc([N+](=O)[O-])ccc1NC(=O)C[NH2+][C@H](C)c1cc(F)c(Cl)cc1Cl. The highest BCUT2D eigenvalue weighted by Crippen LogP contribution is 2.27. The second-order valence-corrected chi connectivity index (χ2v) is 6.64. The maximum atomic E-state index is 13.6. The number of nitrogens with one attached hydrogen (secondary N) is 1. The largest absolute Gasteiger partial charge is 0.332 e. The number of non-ortho nitro benzene ring substituents is 1. The molecule has 0 aliphatic carbocycles. The zero-order chi connectivity index (χ0) is 19.4. The van der Waals surface area contributed by atoms with Crippen molar-refractivity contribution in [1.29, 1.82) is 0 Å². The van der Waals surface area contributed by atoms with Gasteiger partial charge in [-0.3, -0.25) is 14.9 Å². The first-order chi connectivity index (χ1) is 12.2. The van der Waals surface area contributed by atoms with Crippen LogP contribution in [0.25, 0.3) is 0 Å². The van der Waals surface area contributed by atoms with Gasteiger partial charge in [0.15, 0.2) is 6.54 Å². The molecule has 0 fully saturated rings. The molecule has 0 spiro atoms. The maximum Gasteiger partial charge on any atom is 0.279 e. The van der Waals surface area contributed by atoms with Crippen LogP contribution in [-0.4, -0.2) is 17.4 Å². The van der Waals surface area contributed by atoms with Gasteiger partial charge in [0.05, 0.1) is 15.0 Å². The van der Waals surface area contributed by atoms with E-state index < -0.39 is 10.7 Å². The Balaban J connectivity index is 1.99.